The monoisotopic (exact) mass is 412 g/mol. The van der Waals surface area contributed by atoms with Gasteiger partial charge in [-0.3, -0.25) is 4.99 Å². The van der Waals surface area contributed by atoms with Gasteiger partial charge in [0.15, 0.2) is 5.96 Å². The maximum atomic E-state index is 4.24. The number of nitrogens with one attached hydrogen (secondary N) is 2. The molecule has 120 valence electrons. The minimum absolute atomic E-state index is 0. The van der Waals surface area contributed by atoms with Crippen LogP contribution in [0.4, 0.5) is 0 Å². The lowest BCUT2D eigenvalue weighted by molar-refractivity contribution is 0.665. The second kappa shape index (κ2) is 10.3. The van der Waals surface area contributed by atoms with Gasteiger partial charge in [0, 0.05) is 39.1 Å². The molecule has 22 heavy (non-hydrogen) atoms. The van der Waals surface area contributed by atoms with Crippen molar-refractivity contribution in [2.45, 2.75) is 19.9 Å². The first-order valence-corrected chi connectivity index (χ1v) is 7.39. The summed E-state index contributed by atoms with van der Waals surface area (Å²) in [6, 6.07) is 12.7. The van der Waals surface area contributed by atoms with Crippen molar-refractivity contribution in [3.63, 3.8) is 0 Å². The van der Waals surface area contributed by atoms with Gasteiger partial charge >= 0.3 is 0 Å². The van der Waals surface area contributed by atoms with E-state index in [-0.39, 0.29) is 24.0 Å². The van der Waals surface area contributed by atoms with Crippen LogP contribution in [0.2, 0.25) is 0 Å². The Morgan fingerprint density at radius 1 is 1.09 bits per heavy atom. The molecule has 2 rings (SSSR count). The van der Waals surface area contributed by atoms with E-state index in [4.69, 9.17) is 0 Å². The molecule has 0 saturated carbocycles. The summed E-state index contributed by atoms with van der Waals surface area (Å²) in [5.41, 5.74) is 2.66. The van der Waals surface area contributed by atoms with Gasteiger partial charge in [0.2, 0.25) is 0 Å². The third kappa shape index (κ3) is 6.51. The molecular formula is C17H25IN4. The van der Waals surface area contributed by atoms with Gasteiger partial charge < -0.3 is 15.2 Å². The lowest BCUT2D eigenvalue weighted by Crippen LogP contribution is -2.39. The number of guanidine groups is 1. The predicted molar refractivity (Wildman–Crippen MR) is 104 cm³/mol. The highest BCUT2D eigenvalue weighted by atomic mass is 127. The number of aromatic nitrogens is 1. The molecule has 0 aliphatic heterocycles. The van der Waals surface area contributed by atoms with E-state index in [9.17, 15) is 0 Å². The molecule has 2 aromatic rings. The fourth-order valence-electron chi connectivity index (χ4n) is 2.24. The van der Waals surface area contributed by atoms with Gasteiger partial charge in [0.25, 0.3) is 0 Å². The molecule has 0 spiro atoms. The summed E-state index contributed by atoms with van der Waals surface area (Å²) in [6.07, 6.45) is 5.13. The molecule has 1 aromatic heterocycles. The predicted octanol–water partition coefficient (Wildman–Crippen LogP) is 2.82. The molecule has 0 radical (unpaired) electrons. The van der Waals surface area contributed by atoms with Crippen molar-refractivity contribution in [3.05, 3.63) is 59.9 Å². The Kier molecular flexibility index (Phi) is 8.65. The average molecular weight is 412 g/mol. The Labute approximate surface area is 150 Å². The zero-order valence-electron chi connectivity index (χ0n) is 13.2. The van der Waals surface area contributed by atoms with Gasteiger partial charge in [0.1, 0.15) is 0 Å². The van der Waals surface area contributed by atoms with Gasteiger partial charge in [-0.05, 0) is 31.0 Å². The highest BCUT2D eigenvalue weighted by Gasteiger charge is 1.98. The van der Waals surface area contributed by atoms with E-state index in [1.165, 1.54) is 11.1 Å². The number of hydrogen-bond donors (Lipinski definition) is 2. The maximum absolute atomic E-state index is 4.24. The lowest BCUT2D eigenvalue weighted by atomic mass is 10.1. The van der Waals surface area contributed by atoms with Crippen molar-refractivity contribution < 1.29 is 0 Å². The van der Waals surface area contributed by atoms with Crippen LogP contribution in [-0.2, 0) is 13.0 Å². The summed E-state index contributed by atoms with van der Waals surface area (Å²) < 4.78 is 2.15. The van der Waals surface area contributed by atoms with Crippen molar-refractivity contribution in [1.29, 1.82) is 0 Å². The van der Waals surface area contributed by atoms with E-state index in [2.05, 4.69) is 63.8 Å². The number of aliphatic imine (C=N–C) groups is 1. The largest absolute Gasteiger partial charge is 0.356 e. The Balaban J connectivity index is 0.00000242. The van der Waals surface area contributed by atoms with Gasteiger partial charge in [-0.25, -0.2) is 0 Å². The number of aryl methyl sites for hydroxylation is 1. The van der Waals surface area contributed by atoms with Crippen LogP contribution >= 0.6 is 24.0 Å². The van der Waals surface area contributed by atoms with Crippen LogP contribution in [0.25, 0.3) is 0 Å². The minimum Gasteiger partial charge on any atom is -0.356 e. The second-order valence-corrected chi connectivity index (χ2v) is 5.09. The summed E-state index contributed by atoms with van der Waals surface area (Å²) in [5.74, 6) is 0.856. The Bertz CT molecular complexity index is 564. The number of hydrogen-bond acceptors (Lipinski definition) is 1. The van der Waals surface area contributed by atoms with Crippen LogP contribution in [0.3, 0.4) is 0 Å². The summed E-state index contributed by atoms with van der Waals surface area (Å²) in [5, 5.41) is 6.67. The van der Waals surface area contributed by atoms with Crippen LogP contribution in [-0.4, -0.2) is 30.7 Å². The van der Waals surface area contributed by atoms with E-state index < -0.39 is 0 Å². The van der Waals surface area contributed by atoms with Crippen LogP contribution in [0.5, 0.6) is 0 Å². The number of nitrogens with zero attached hydrogens (tertiary/aromatic N) is 2. The molecule has 0 amide bonds. The fraction of sp³-hybridized carbons (Fsp3) is 0.353. The summed E-state index contributed by atoms with van der Waals surface area (Å²) in [7, 11) is 1.80. The average Bonchev–Trinajstić information content (AvgIpc) is 2.99. The van der Waals surface area contributed by atoms with E-state index in [0.29, 0.717) is 0 Å². The molecule has 0 unspecified atom stereocenters. The first kappa shape index (κ1) is 18.5. The highest BCUT2D eigenvalue weighted by Crippen LogP contribution is 2.03. The topological polar surface area (TPSA) is 41.4 Å². The van der Waals surface area contributed by atoms with Gasteiger partial charge in [-0.15, -0.1) is 24.0 Å². The SMILES string of the molecule is CN=C(NCCc1cccc(C)c1)NCCn1cccc1.I. The third-order valence-electron chi connectivity index (χ3n) is 3.34. The lowest BCUT2D eigenvalue weighted by Gasteiger charge is -2.12. The Hall–Kier alpha value is -1.50. The molecule has 0 aliphatic carbocycles. The molecule has 0 bridgehead atoms. The van der Waals surface area contributed by atoms with Crippen molar-refractivity contribution in [2.24, 2.45) is 4.99 Å². The number of benzene rings is 1. The van der Waals surface area contributed by atoms with E-state index in [1.807, 2.05) is 12.1 Å². The minimum atomic E-state index is 0. The molecule has 1 heterocycles. The zero-order valence-corrected chi connectivity index (χ0v) is 15.6. The van der Waals surface area contributed by atoms with Crippen LogP contribution < -0.4 is 10.6 Å². The van der Waals surface area contributed by atoms with Crippen LogP contribution in [0.1, 0.15) is 11.1 Å². The molecule has 5 heteroatoms. The summed E-state index contributed by atoms with van der Waals surface area (Å²) in [6.45, 7) is 4.80. The molecule has 4 nitrogen and oxygen atoms in total. The molecule has 0 saturated heterocycles. The fourth-order valence-corrected chi connectivity index (χ4v) is 2.24. The first-order chi connectivity index (χ1) is 10.3. The number of halogens is 1. The second-order valence-electron chi connectivity index (χ2n) is 5.09. The number of rotatable bonds is 6. The quantitative estimate of drug-likeness (QED) is 0.435. The van der Waals surface area contributed by atoms with Crippen LogP contribution in [0, 0.1) is 6.92 Å². The van der Waals surface area contributed by atoms with Gasteiger partial charge in [-0.2, -0.15) is 0 Å². The van der Waals surface area contributed by atoms with Crippen molar-refractivity contribution in [1.82, 2.24) is 15.2 Å². The van der Waals surface area contributed by atoms with E-state index in [0.717, 1.165) is 32.0 Å². The standard InChI is InChI=1S/C17H24N4.HI/c1-15-6-5-7-16(14-15)8-9-19-17(18-2)20-10-13-21-11-3-4-12-21;/h3-7,11-12,14H,8-10,13H2,1-2H3,(H2,18,19,20);1H. The smallest absolute Gasteiger partial charge is 0.191 e. The third-order valence-corrected chi connectivity index (χ3v) is 3.34. The summed E-state index contributed by atoms with van der Waals surface area (Å²) in [4.78, 5) is 4.24. The first-order valence-electron chi connectivity index (χ1n) is 7.39. The van der Waals surface area contributed by atoms with E-state index in [1.54, 1.807) is 7.05 Å². The molecular weight excluding hydrogens is 387 g/mol. The normalized spacial score (nSPS) is 10.9. The molecule has 2 N–H and O–H groups in total. The van der Waals surface area contributed by atoms with Gasteiger partial charge in [-0.1, -0.05) is 29.8 Å². The highest BCUT2D eigenvalue weighted by molar-refractivity contribution is 14.0. The molecule has 0 fully saturated rings. The zero-order chi connectivity index (χ0) is 14.9. The van der Waals surface area contributed by atoms with Crippen LogP contribution in [0.15, 0.2) is 53.8 Å². The molecule has 0 atom stereocenters. The van der Waals surface area contributed by atoms with Gasteiger partial charge in [0.05, 0.1) is 0 Å². The molecule has 1 aromatic carbocycles. The van der Waals surface area contributed by atoms with E-state index >= 15 is 0 Å². The Morgan fingerprint density at radius 3 is 2.50 bits per heavy atom. The molecule has 0 aliphatic rings. The maximum Gasteiger partial charge on any atom is 0.191 e. The van der Waals surface area contributed by atoms with Crippen molar-refractivity contribution in [2.75, 3.05) is 20.1 Å². The van der Waals surface area contributed by atoms with Crippen molar-refractivity contribution in [3.8, 4) is 0 Å². The Morgan fingerprint density at radius 2 is 1.82 bits per heavy atom. The van der Waals surface area contributed by atoms with Crippen molar-refractivity contribution >= 4 is 29.9 Å². The summed E-state index contributed by atoms with van der Waals surface area (Å²) >= 11 is 0.